The zero-order valence-corrected chi connectivity index (χ0v) is 15.0. The van der Waals surface area contributed by atoms with Crippen LogP contribution in [0.4, 0.5) is 5.69 Å². The fourth-order valence-electron chi connectivity index (χ4n) is 3.20. The van der Waals surface area contributed by atoms with E-state index in [1.54, 1.807) is 23.3 Å². The number of rotatable bonds is 5. The Morgan fingerprint density at radius 2 is 2.16 bits per heavy atom. The van der Waals surface area contributed by atoms with Gasteiger partial charge in [0.1, 0.15) is 5.76 Å². The molecule has 1 atom stereocenters. The zero-order valence-electron chi connectivity index (χ0n) is 14.2. The van der Waals surface area contributed by atoms with Crippen LogP contribution in [-0.4, -0.2) is 38.9 Å². The Labute approximate surface area is 147 Å². The highest BCUT2D eigenvalue weighted by atomic mass is 32.2. The number of hydrogen-bond acceptors (Lipinski definition) is 5. The minimum Gasteiger partial charge on any atom is -0.468 e. The van der Waals surface area contributed by atoms with E-state index in [0.717, 1.165) is 17.0 Å². The largest absolute Gasteiger partial charge is 0.468 e. The molecule has 7 nitrogen and oxygen atoms in total. The normalized spacial score (nSPS) is 17.1. The van der Waals surface area contributed by atoms with Crippen LogP contribution >= 0.6 is 0 Å². The van der Waals surface area contributed by atoms with Gasteiger partial charge in [0.05, 0.1) is 24.2 Å². The molecule has 0 fully saturated rings. The minimum atomic E-state index is -3.75. The molecule has 3 rings (SSSR count). The molecule has 1 aromatic carbocycles. The molecule has 0 spiro atoms. The minimum absolute atomic E-state index is 0.0322. The topological polar surface area (TPSA) is 96.8 Å². The SMILES string of the molecule is CC1Cc2cc(S(N)(=O)=O)ccc2N1C(=O)CN(C)Cc1ccco1. The predicted molar refractivity (Wildman–Crippen MR) is 93.5 cm³/mol. The van der Waals surface area contributed by atoms with Gasteiger partial charge in [0, 0.05) is 11.7 Å². The molecular formula is C17H21N3O4S. The third kappa shape index (κ3) is 3.76. The molecule has 2 aromatic rings. The van der Waals surface area contributed by atoms with E-state index in [1.165, 1.54) is 6.07 Å². The number of fused-ring (bicyclic) bond motifs is 1. The summed E-state index contributed by atoms with van der Waals surface area (Å²) >= 11 is 0. The average molecular weight is 363 g/mol. The fourth-order valence-corrected chi connectivity index (χ4v) is 3.76. The Morgan fingerprint density at radius 3 is 2.80 bits per heavy atom. The van der Waals surface area contributed by atoms with E-state index >= 15 is 0 Å². The lowest BCUT2D eigenvalue weighted by Gasteiger charge is -2.25. The summed E-state index contributed by atoms with van der Waals surface area (Å²) in [6, 6.07) is 8.30. The molecule has 1 aliphatic heterocycles. The van der Waals surface area contributed by atoms with Crippen molar-refractivity contribution in [3.05, 3.63) is 47.9 Å². The molecule has 8 heteroatoms. The Morgan fingerprint density at radius 1 is 1.40 bits per heavy atom. The number of anilines is 1. The number of nitrogens with zero attached hydrogens (tertiary/aromatic N) is 2. The van der Waals surface area contributed by atoms with Crippen LogP contribution in [-0.2, 0) is 27.8 Å². The van der Waals surface area contributed by atoms with Crippen LogP contribution in [0.25, 0.3) is 0 Å². The smallest absolute Gasteiger partial charge is 0.241 e. The van der Waals surface area contributed by atoms with Gasteiger partial charge in [0.25, 0.3) is 0 Å². The fraction of sp³-hybridized carbons (Fsp3) is 0.353. The van der Waals surface area contributed by atoms with Crippen LogP contribution in [0.3, 0.4) is 0 Å². The quantitative estimate of drug-likeness (QED) is 0.864. The first kappa shape index (κ1) is 17.7. The van der Waals surface area contributed by atoms with E-state index in [0.29, 0.717) is 13.0 Å². The molecule has 2 heterocycles. The molecule has 1 unspecified atom stereocenters. The molecular weight excluding hydrogens is 342 g/mol. The molecule has 0 aliphatic carbocycles. The Kier molecular flexibility index (Phi) is 4.68. The molecule has 1 aromatic heterocycles. The Hall–Kier alpha value is -2.16. The van der Waals surface area contributed by atoms with Crippen molar-refractivity contribution in [2.24, 2.45) is 5.14 Å². The second-order valence-electron chi connectivity index (χ2n) is 6.40. The molecule has 134 valence electrons. The summed E-state index contributed by atoms with van der Waals surface area (Å²) in [6.07, 6.45) is 2.21. The number of furan rings is 1. The Bertz CT molecular complexity index is 877. The van der Waals surface area contributed by atoms with Crippen molar-refractivity contribution in [1.29, 1.82) is 0 Å². The molecule has 0 radical (unpaired) electrons. The van der Waals surface area contributed by atoms with Gasteiger partial charge in [-0.05, 0) is 56.3 Å². The van der Waals surface area contributed by atoms with Crippen molar-refractivity contribution in [2.75, 3.05) is 18.5 Å². The van der Waals surface area contributed by atoms with Gasteiger partial charge in [-0.2, -0.15) is 0 Å². The van der Waals surface area contributed by atoms with E-state index in [4.69, 9.17) is 9.56 Å². The number of amides is 1. The van der Waals surface area contributed by atoms with Gasteiger partial charge in [0.15, 0.2) is 0 Å². The van der Waals surface area contributed by atoms with E-state index in [2.05, 4.69) is 0 Å². The van der Waals surface area contributed by atoms with Gasteiger partial charge < -0.3 is 9.32 Å². The lowest BCUT2D eigenvalue weighted by atomic mass is 10.1. The van der Waals surface area contributed by atoms with Crippen LogP contribution in [0.15, 0.2) is 45.9 Å². The number of nitrogens with two attached hydrogens (primary N) is 1. The van der Waals surface area contributed by atoms with Crippen molar-refractivity contribution in [1.82, 2.24) is 4.90 Å². The maximum Gasteiger partial charge on any atom is 0.241 e. The molecule has 0 saturated carbocycles. The number of carbonyl (C=O) groups is 1. The molecule has 2 N–H and O–H groups in total. The van der Waals surface area contributed by atoms with Gasteiger partial charge in [0.2, 0.25) is 15.9 Å². The summed E-state index contributed by atoms with van der Waals surface area (Å²) < 4.78 is 28.3. The molecule has 25 heavy (non-hydrogen) atoms. The van der Waals surface area contributed by atoms with Crippen LogP contribution in [0.1, 0.15) is 18.2 Å². The van der Waals surface area contributed by atoms with Gasteiger partial charge in [-0.3, -0.25) is 9.69 Å². The summed E-state index contributed by atoms with van der Waals surface area (Å²) in [7, 11) is -1.90. The van der Waals surface area contributed by atoms with Gasteiger partial charge in [-0.1, -0.05) is 0 Å². The van der Waals surface area contributed by atoms with Gasteiger partial charge in [-0.25, -0.2) is 13.6 Å². The zero-order chi connectivity index (χ0) is 18.2. The summed E-state index contributed by atoms with van der Waals surface area (Å²) in [5.74, 6) is 0.756. The van der Waals surface area contributed by atoms with Crippen molar-refractivity contribution in [3.8, 4) is 0 Å². The number of likely N-dealkylation sites (N-methyl/N-ethyl adjacent to an activating group) is 1. The van der Waals surface area contributed by atoms with Crippen LogP contribution in [0, 0.1) is 0 Å². The van der Waals surface area contributed by atoms with E-state index < -0.39 is 10.0 Å². The monoisotopic (exact) mass is 363 g/mol. The number of benzene rings is 1. The van der Waals surface area contributed by atoms with Crippen LogP contribution < -0.4 is 10.0 Å². The van der Waals surface area contributed by atoms with Gasteiger partial charge in [-0.15, -0.1) is 0 Å². The van der Waals surface area contributed by atoms with Crippen molar-refractivity contribution in [3.63, 3.8) is 0 Å². The molecule has 0 saturated heterocycles. The maximum atomic E-state index is 12.7. The first-order chi connectivity index (χ1) is 11.8. The van der Waals surface area contributed by atoms with E-state index in [1.807, 2.05) is 31.0 Å². The first-order valence-corrected chi connectivity index (χ1v) is 9.49. The standard InChI is InChI=1S/C17H21N3O4S/c1-12-8-13-9-15(25(18,22)23)5-6-16(13)20(12)17(21)11-19(2)10-14-4-3-7-24-14/h3-7,9,12H,8,10-11H2,1-2H3,(H2,18,22,23). The highest BCUT2D eigenvalue weighted by molar-refractivity contribution is 7.89. The third-order valence-corrected chi connectivity index (χ3v) is 5.19. The molecule has 0 bridgehead atoms. The Balaban J connectivity index is 1.76. The van der Waals surface area contributed by atoms with Gasteiger partial charge >= 0.3 is 0 Å². The molecule has 1 amide bonds. The first-order valence-electron chi connectivity index (χ1n) is 7.94. The third-order valence-electron chi connectivity index (χ3n) is 4.27. The van der Waals surface area contributed by atoms with Crippen molar-refractivity contribution in [2.45, 2.75) is 30.8 Å². The highest BCUT2D eigenvalue weighted by Crippen LogP contribution is 2.33. The maximum absolute atomic E-state index is 12.7. The second-order valence-corrected chi connectivity index (χ2v) is 7.97. The predicted octanol–water partition coefficient (Wildman–Crippen LogP) is 1.34. The second kappa shape index (κ2) is 6.62. The van der Waals surface area contributed by atoms with Crippen molar-refractivity contribution < 1.29 is 17.6 Å². The van der Waals surface area contributed by atoms with Crippen LogP contribution in [0.5, 0.6) is 0 Å². The lowest BCUT2D eigenvalue weighted by molar-refractivity contribution is -0.119. The summed E-state index contributed by atoms with van der Waals surface area (Å²) in [5, 5.41) is 5.19. The van der Waals surface area contributed by atoms with E-state index in [-0.39, 0.29) is 23.4 Å². The number of primary sulfonamides is 1. The lowest BCUT2D eigenvalue weighted by Crippen LogP contribution is -2.41. The number of carbonyl (C=O) groups excluding carboxylic acids is 1. The average Bonchev–Trinajstić information content (AvgIpc) is 3.11. The molecule has 1 aliphatic rings. The highest BCUT2D eigenvalue weighted by Gasteiger charge is 2.32. The number of sulfonamides is 1. The summed E-state index contributed by atoms with van der Waals surface area (Å²) in [4.78, 5) is 16.4. The number of hydrogen-bond donors (Lipinski definition) is 1. The van der Waals surface area contributed by atoms with Crippen LogP contribution in [0.2, 0.25) is 0 Å². The summed E-state index contributed by atoms with van der Waals surface area (Å²) in [6.45, 7) is 2.72. The van der Waals surface area contributed by atoms with E-state index in [9.17, 15) is 13.2 Å². The van der Waals surface area contributed by atoms with Crippen molar-refractivity contribution >= 4 is 21.6 Å². The summed E-state index contributed by atoms with van der Waals surface area (Å²) in [5.41, 5.74) is 1.57.